The molecule has 0 unspecified atom stereocenters. The lowest BCUT2D eigenvalue weighted by Crippen LogP contribution is -1.88. The molecule has 2 aromatic carbocycles. The van der Waals surface area contributed by atoms with Crippen LogP contribution in [-0.2, 0) is 0 Å². The summed E-state index contributed by atoms with van der Waals surface area (Å²) in [5.74, 6) is 0. The molecule has 0 radical (unpaired) electrons. The smallest absolute Gasteiger partial charge is 0.136 e. The van der Waals surface area contributed by atoms with E-state index in [4.69, 9.17) is 10.2 Å². The zero-order valence-electron chi connectivity index (χ0n) is 9.89. The summed E-state index contributed by atoms with van der Waals surface area (Å²) in [7, 11) is 0. The van der Waals surface area contributed by atoms with Gasteiger partial charge in [-0.05, 0) is 18.2 Å². The van der Waals surface area contributed by atoms with E-state index in [-0.39, 0.29) is 0 Å². The minimum absolute atomic E-state index is 0.743. The van der Waals surface area contributed by atoms with Crippen LogP contribution >= 0.6 is 0 Å². The van der Waals surface area contributed by atoms with Crippen molar-refractivity contribution in [1.29, 1.82) is 0 Å². The molecule has 0 saturated carbocycles. The molecule has 1 aromatic heterocycles. The van der Waals surface area contributed by atoms with Crippen molar-refractivity contribution >= 4 is 33.7 Å². The average molecular weight is 235 g/mol. The summed E-state index contributed by atoms with van der Waals surface area (Å²) in [5.41, 5.74) is 9.48. The van der Waals surface area contributed by atoms with Gasteiger partial charge in [-0.25, -0.2) is 0 Å². The Hall–Kier alpha value is -2.48. The number of benzene rings is 2. The van der Waals surface area contributed by atoms with E-state index >= 15 is 0 Å². The van der Waals surface area contributed by atoms with Gasteiger partial charge in [-0.2, -0.15) is 0 Å². The maximum Gasteiger partial charge on any atom is 0.136 e. The lowest BCUT2D eigenvalue weighted by atomic mass is 10.1. The van der Waals surface area contributed by atoms with Gasteiger partial charge in [-0.1, -0.05) is 43.0 Å². The first-order valence-electron chi connectivity index (χ1n) is 5.79. The minimum Gasteiger partial charge on any atom is -0.456 e. The highest BCUT2D eigenvalue weighted by atomic mass is 16.3. The molecule has 0 aliphatic carbocycles. The molecule has 2 heteroatoms. The Balaban J connectivity index is 2.33. The number of furan rings is 1. The van der Waals surface area contributed by atoms with Crippen molar-refractivity contribution in [2.45, 2.75) is 0 Å². The maximum absolute atomic E-state index is 6.05. The van der Waals surface area contributed by atoms with Crippen LogP contribution in [0.2, 0.25) is 0 Å². The van der Waals surface area contributed by atoms with Gasteiger partial charge in [-0.3, -0.25) is 0 Å². The number of rotatable bonds is 2. The van der Waals surface area contributed by atoms with Crippen molar-refractivity contribution in [3.05, 3.63) is 60.7 Å². The molecule has 0 aliphatic rings. The summed E-state index contributed by atoms with van der Waals surface area (Å²) in [6.45, 7) is 3.65. The van der Waals surface area contributed by atoms with E-state index in [0.717, 1.165) is 33.2 Å². The van der Waals surface area contributed by atoms with E-state index in [1.807, 2.05) is 48.6 Å². The van der Waals surface area contributed by atoms with Crippen molar-refractivity contribution < 1.29 is 4.42 Å². The van der Waals surface area contributed by atoms with Crippen molar-refractivity contribution in [3.63, 3.8) is 0 Å². The second kappa shape index (κ2) is 4.08. The number of allylic oxidation sites excluding steroid dienone is 2. The lowest BCUT2D eigenvalue weighted by molar-refractivity contribution is 0.669. The fraction of sp³-hybridized carbons (Fsp3) is 0. The number of para-hydroxylation sites is 1. The highest BCUT2D eigenvalue weighted by Gasteiger charge is 2.08. The zero-order chi connectivity index (χ0) is 12.5. The van der Waals surface area contributed by atoms with Gasteiger partial charge in [0, 0.05) is 22.0 Å². The summed E-state index contributed by atoms with van der Waals surface area (Å²) < 4.78 is 5.81. The molecule has 0 spiro atoms. The van der Waals surface area contributed by atoms with Gasteiger partial charge in [0.1, 0.15) is 11.2 Å². The first-order chi connectivity index (χ1) is 8.79. The van der Waals surface area contributed by atoms with E-state index in [0.29, 0.717) is 0 Å². The lowest BCUT2D eigenvalue weighted by Gasteiger charge is -1.99. The monoisotopic (exact) mass is 235 g/mol. The third kappa shape index (κ3) is 1.59. The Kier molecular flexibility index (Phi) is 2.41. The van der Waals surface area contributed by atoms with Crippen LogP contribution in [-0.4, -0.2) is 0 Å². The SMILES string of the molecule is C=C/C=C/c1cc2oc3ccccc3c2cc1N. The van der Waals surface area contributed by atoms with Crippen molar-refractivity contribution in [2.24, 2.45) is 0 Å². The number of nitrogens with two attached hydrogens (primary N) is 1. The summed E-state index contributed by atoms with van der Waals surface area (Å²) in [4.78, 5) is 0. The molecule has 0 amide bonds. The summed E-state index contributed by atoms with van der Waals surface area (Å²) in [6.07, 6.45) is 5.51. The number of fused-ring (bicyclic) bond motifs is 3. The predicted octanol–water partition coefficient (Wildman–Crippen LogP) is 4.37. The van der Waals surface area contributed by atoms with Crippen LogP contribution in [0.25, 0.3) is 28.0 Å². The molecule has 0 saturated heterocycles. The van der Waals surface area contributed by atoms with Crippen molar-refractivity contribution in [3.8, 4) is 0 Å². The van der Waals surface area contributed by atoms with Crippen LogP contribution in [0.4, 0.5) is 5.69 Å². The number of hydrogen-bond donors (Lipinski definition) is 1. The van der Waals surface area contributed by atoms with E-state index in [1.165, 1.54) is 0 Å². The molecule has 0 aliphatic heterocycles. The Labute approximate surface area is 105 Å². The van der Waals surface area contributed by atoms with Gasteiger partial charge < -0.3 is 10.2 Å². The molecule has 2 N–H and O–H groups in total. The number of hydrogen-bond acceptors (Lipinski definition) is 2. The molecule has 3 rings (SSSR count). The van der Waals surface area contributed by atoms with Crippen LogP contribution in [0.5, 0.6) is 0 Å². The standard InChI is InChI=1S/C16H13NO/c1-2-3-6-11-9-16-13(10-14(11)17)12-7-4-5-8-15(12)18-16/h2-10H,1,17H2/b6-3+. The average Bonchev–Trinajstić information content (AvgIpc) is 2.74. The molecular formula is C16H13NO. The molecule has 0 fully saturated rings. The Morgan fingerprint density at radius 2 is 1.89 bits per heavy atom. The predicted molar refractivity (Wildman–Crippen MR) is 77.4 cm³/mol. The third-order valence-electron chi connectivity index (χ3n) is 2.99. The first-order valence-corrected chi connectivity index (χ1v) is 5.79. The highest BCUT2D eigenvalue weighted by Crippen LogP contribution is 2.32. The third-order valence-corrected chi connectivity index (χ3v) is 2.99. The highest BCUT2D eigenvalue weighted by molar-refractivity contribution is 6.06. The van der Waals surface area contributed by atoms with Gasteiger partial charge >= 0.3 is 0 Å². The fourth-order valence-electron chi connectivity index (χ4n) is 2.12. The quantitative estimate of drug-likeness (QED) is 0.529. The van der Waals surface area contributed by atoms with Crippen LogP contribution in [0.1, 0.15) is 5.56 Å². The Bertz CT molecular complexity index is 765. The Morgan fingerprint density at radius 3 is 2.72 bits per heavy atom. The molecule has 0 atom stereocenters. The van der Waals surface area contributed by atoms with Crippen molar-refractivity contribution in [1.82, 2.24) is 0 Å². The summed E-state index contributed by atoms with van der Waals surface area (Å²) >= 11 is 0. The summed E-state index contributed by atoms with van der Waals surface area (Å²) in [5, 5.41) is 2.15. The molecule has 0 bridgehead atoms. The molecule has 88 valence electrons. The van der Waals surface area contributed by atoms with E-state index in [2.05, 4.69) is 6.58 Å². The molecule has 2 nitrogen and oxygen atoms in total. The van der Waals surface area contributed by atoms with E-state index < -0.39 is 0 Å². The zero-order valence-corrected chi connectivity index (χ0v) is 9.89. The normalized spacial score (nSPS) is 11.6. The van der Waals surface area contributed by atoms with Gasteiger partial charge in [-0.15, -0.1) is 0 Å². The van der Waals surface area contributed by atoms with Gasteiger partial charge in [0.2, 0.25) is 0 Å². The molecule has 1 heterocycles. The van der Waals surface area contributed by atoms with E-state index in [1.54, 1.807) is 6.08 Å². The van der Waals surface area contributed by atoms with Gasteiger partial charge in [0.25, 0.3) is 0 Å². The van der Waals surface area contributed by atoms with Crippen LogP contribution in [0, 0.1) is 0 Å². The second-order valence-electron chi connectivity index (χ2n) is 4.17. The maximum atomic E-state index is 6.05. The topological polar surface area (TPSA) is 39.2 Å². The number of anilines is 1. The first kappa shape index (κ1) is 10.7. The van der Waals surface area contributed by atoms with Crippen LogP contribution < -0.4 is 5.73 Å². The van der Waals surface area contributed by atoms with Crippen molar-refractivity contribution in [2.75, 3.05) is 5.73 Å². The Morgan fingerprint density at radius 1 is 1.06 bits per heavy atom. The van der Waals surface area contributed by atoms with Gasteiger partial charge in [0.15, 0.2) is 0 Å². The van der Waals surface area contributed by atoms with Gasteiger partial charge in [0.05, 0.1) is 0 Å². The van der Waals surface area contributed by atoms with Crippen LogP contribution in [0.3, 0.4) is 0 Å². The van der Waals surface area contributed by atoms with E-state index in [9.17, 15) is 0 Å². The number of nitrogen functional groups attached to an aromatic ring is 1. The van der Waals surface area contributed by atoms with Crippen LogP contribution in [0.15, 0.2) is 59.5 Å². The molecular weight excluding hydrogens is 222 g/mol. The minimum atomic E-state index is 0.743. The molecule has 18 heavy (non-hydrogen) atoms. The second-order valence-corrected chi connectivity index (χ2v) is 4.17. The largest absolute Gasteiger partial charge is 0.456 e. The fourth-order valence-corrected chi connectivity index (χ4v) is 2.12. The summed E-state index contributed by atoms with van der Waals surface area (Å²) in [6, 6.07) is 11.9. The molecule has 3 aromatic rings.